The van der Waals surface area contributed by atoms with Crippen LogP contribution in [0.5, 0.6) is 0 Å². The van der Waals surface area contributed by atoms with Crippen LogP contribution >= 0.6 is 0 Å². The van der Waals surface area contributed by atoms with E-state index in [0.717, 1.165) is 18.3 Å². The number of hydrogen-bond acceptors (Lipinski definition) is 5. The van der Waals surface area contributed by atoms with Crippen LogP contribution in [0.2, 0.25) is 0 Å². The van der Waals surface area contributed by atoms with Crippen molar-refractivity contribution in [3.8, 4) is 0 Å². The Morgan fingerprint density at radius 1 is 0.653 bits per heavy atom. The van der Waals surface area contributed by atoms with Crippen LogP contribution in [0.25, 0.3) is 10.9 Å². The Morgan fingerprint density at radius 3 is 1.65 bits per heavy atom. The Hall–Kier alpha value is -5.50. The van der Waals surface area contributed by atoms with E-state index >= 15 is 0 Å². The Balaban J connectivity index is 0.000000500. The number of carbonyl (C=O) groups excluding carboxylic acids is 1. The van der Waals surface area contributed by atoms with Crippen LogP contribution in [0.3, 0.4) is 0 Å². The van der Waals surface area contributed by atoms with Crippen LogP contribution in [0, 0.1) is 5.82 Å². The van der Waals surface area contributed by atoms with E-state index in [0.29, 0.717) is 29.1 Å². The molecular weight excluding hydrogens is 705 g/mol. The fourth-order valence-corrected chi connectivity index (χ4v) is 3.57. The molecule has 4 rings (SSSR count). The standard InChI is InChI=1S/C24H14F7N3O.2C2HF3O2/c25-18-12-14(5-7-16(18)23(26,27)28)20(21-17(24(29,30)31)4-2-10-33-21)34-22(35)15-6-8-19-13(11-15)3-1-9-32-19;2*3-2(4,5)1(6)7/h1-12,20H,(H,34,35);2*(H,6,7)/t20-;;/m0../s1. The molecular formula is C28H16F13N3O5. The Kier molecular flexibility index (Phi) is 12.3. The summed E-state index contributed by atoms with van der Waals surface area (Å²) in [5, 5.41) is 17.2. The summed E-state index contributed by atoms with van der Waals surface area (Å²) in [6, 6.07) is 9.33. The zero-order chi connectivity index (χ0) is 37.5. The first-order chi connectivity index (χ1) is 22.3. The first-order valence-electron chi connectivity index (χ1n) is 12.5. The van der Waals surface area contributed by atoms with Crippen molar-refractivity contribution in [2.45, 2.75) is 30.7 Å². The van der Waals surface area contributed by atoms with Crippen molar-refractivity contribution in [1.82, 2.24) is 15.3 Å². The Labute approximate surface area is 263 Å². The summed E-state index contributed by atoms with van der Waals surface area (Å²) in [5.74, 6) is -8.06. The number of rotatable bonds is 4. The topological polar surface area (TPSA) is 129 Å². The first kappa shape index (κ1) is 39.7. The maximum atomic E-state index is 14.3. The van der Waals surface area contributed by atoms with E-state index in [1.165, 1.54) is 24.4 Å². The lowest BCUT2D eigenvalue weighted by Crippen LogP contribution is -2.32. The highest BCUT2D eigenvalue weighted by Crippen LogP contribution is 2.37. The molecule has 0 aliphatic heterocycles. The second-order valence-electron chi connectivity index (χ2n) is 9.09. The van der Waals surface area contributed by atoms with E-state index in [2.05, 4.69) is 15.3 Å². The Bertz CT molecular complexity index is 1780. The number of alkyl halides is 12. The van der Waals surface area contributed by atoms with Gasteiger partial charge < -0.3 is 15.5 Å². The molecule has 0 bridgehead atoms. The third-order valence-corrected chi connectivity index (χ3v) is 5.67. The monoisotopic (exact) mass is 721 g/mol. The highest BCUT2D eigenvalue weighted by atomic mass is 19.4. The number of fused-ring (bicyclic) bond motifs is 1. The smallest absolute Gasteiger partial charge is 0.475 e. The maximum absolute atomic E-state index is 14.3. The maximum Gasteiger partial charge on any atom is 0.490 e. The van der Waals surface area contributed by atoms with Gasteiger partial charge in [0.1, 0.15) is 5.82 Å². The molecule has 49 heavy (non-hydrogen) atoms. The summed E-state index contributed by atoms with van der Waals surface area (Å²) in [6.45, 7) is 0. The molecule has 0 aliphatic rings. The van der Waals surface area contributed by atoms with Crippen molar-refractivity contribution >= 4 is 28.7 Å². The lowest BCUT2D eigenvalue weighted by Gasteiger charge is -2.23. The van der Waals surface area contributed by atoms with Crippen molar-refractivity contribution in [2.75, 3.05) is 0 Å². The molecule has 4 aromatic rings. The number of benzene rings is 2. The minimum atomic E-state index is -5.08. The van der Waals surface area contributed by atoms with Crippen LogP contribution in [-0.2, 0) is 21.9 Å². The number of carboxylic acids is 2. The summed E-state index contributed by atoms with van der Waals surface area (Å²) < 4.78 is 158. The predicted octanol–water partition coefficient (Wildman–Crippen LogP) is 7.59. The number of aromatic nitrogens is 2. The summed E-state index contributed by atoms with van der Waals surface area (Å²) in [4.78, 5) is 38.6. The summed E-state index contributed by atoms with van der Waals surface area (Å²) >= 11 is 0. The van der Waals surface area contributed by atoms with E-state index in [9.17, 15) is 61.9 Å². The van der Waals surface area contributed by atoms with Gasteiger partial charge in [0.15, 0.2) is 0 Å². The second-order valence-corrected chi connectivity index (χ2v) is 9.09. The minimum Gasteiger partial charge on any atom is -0.475 e. The number of nitrogens with zero attached hydrogens (tertiary/aromatic N) is 2. The number of pyridine rings is 2. The number of carbonyl (C=O) groups is 3. The third-order valence-electron chi connectivity index (χ3n) is 5.67. The molecule has 2 heterocycles. The fourth-order valence-electron chi connectivity index (χ4n) is 3.57. The zero-order valence-corrected chi connectivity index (χ0v) is 23.4. The van der Waals surface area contributed by atoms with E-state index < -0.39 is 71.2 Å². The quantitative estimate of drug-likeness (QED) is 0.185. The molecule has 2 aromatic carbocycles. The predicted molar refractivity (Wildman–Crippen MR) is 139 cm³/mol. The van der Waals surface area contributed by atoms with Crippen LogP contribution in [0.4, 0.5) is 57.1 Å². The molecule has 0 aliphatic carbocycles. The number of halogens is 13. The van der Waals surface area contributed by atoms with Crippen molar-refractivity contribution in [3.63, 3.8) is 0 Å². The summed E-state index contributed by atoms with van der Waals surface area (Å²) in [6.07, 6.45) is -17.5. The van der Waals surface area contributed by atoms with Gasteiger partial charge in [0.25, 0.3) is 5.91 Å². The van der Waals surface area contributed by atoms with Crippen LogP contribution in [0.1, 0.15) is 38.8 Å². The van der Waals surface area contributed by atoms with Gasteiger partial charge >= 0.3 is 36.6 Å². The first-order valence-corrected chi connectivity index (χ1v) is 12.5. The highest BCUT2D eigenvalue weighted by molar-refractivity contribution is 5.98. The summed E-state index contributed by atoms with van der Waals surface area (Å²) in [7, 11) is 0. The number of aliphatic carboxylic acids is 2. The molecule has 0 fully saturated rings. The van der Waals surface area contributed by atoms with Crippen molar-refractivity contribution in [2.24, 2.45) is 0 Å². The largest absolute Gasteiger partial charge is 0.490 e. The molecule has 2 aromatic heterocycles. The molecule has 1 amide bonds. The Morgan fingerprint density at radius 2 is 1.16 bits per heavy atom. The minimum absolute atomic E-state index is 0.0485. The van der Waals surface area contributed by atoms with E-state index in [-0.39, 0.29) is 11.1 Å². The molecule has 3 N–H and O–H groups in total. The van der Waals surface area contributed by atoms with Gasteiger partial charge in [-0.1, -0.05) is 12.1 Å². The zero-order valence-electron chi connectivity index (χ0n) is 23.4. The lowest BCUT2D eigenvalue weighted by molar-refractivity contribution is -0.193. The van der Waals surface area contributed by atoms with E-state index in [1.807, 2.05) is 0 Å². The number of hydrogen-bond donors (Lipinski definition) is 3. The number of carboxylic acid groups (broad SMARTS) is 2. The van der Waals surface area contributed by atoms with Crippen LogP contribution in [-0.4, -0.2) is 50.4 Å². The molecule has 0 saturated heterocycles. The lowest BCUT2D eigenvalue weighted by atomic mass is 9.97. The van der Waals surface area contributed by atoms with E-state index in [1.54, 1.807) is 12.1 Å². The van der Waals surface area contributed by atoms with Crippen LogP contribution < -0.4 is 5.32 Å². The average molecular weight is 721 g/mol. The fraction of sp³-hybridized carbons (Fsp3) is 0.179. The highest BCUT2D eigenvalue weighted by Gasteiger charge is 2.40. The normalized spacial score (nSPS) is 12.5. The van der Waals surface area contributed by atoms with Crippen molar-refractivity contribution in [1.29, 1.82) is 0 Å². The number of amides is 1. The average Bonchev–Trinajstić information content (AvgIpc) is 2.98. The third kappa shape index (κ3) is 11.3. The molecule has 0 spiro atoms. The molecule has 21 heteroatoms. The molecule has 0 saturated carbocycles. The van der Waals surface area contributed by atoms with Gasteiger partial charge in [0, 0.05) is 23.3 Å². The van der Waals surface area contributed by atoms with Gasteiger partial charge in [0.05, 0.1) is 28.4 Å². The second kappa shape index (κ2) is 15.2. The van der Waals surface area contributed by atoms with E-state index in [4.69, 9.17) is 19.8 Å². The van der Waals surface area contributed by atoms with Gasteiger partial charge in [0.2, 0.25) is 0 Å². The molecule has 1 atom stereocenters. The SMILES string of the molecule is O=C(N[C@@H](c1ccc(C(F)(F)F)c(F)c1)c1ncccc1C(F)(F)F)c1ccc2ncccc2c1.O=C(O)C(F)(F)F.O=C(O)C(F)(F)F. The van der Waals surface area contributed by atoms with Gasteiger partial charge in [-0.15, -0.1) is 0 Å². The van der Waals surface area contributed by atoms with Crippen LogP contribution in [0.15, 0.2) is 73.1 Å². The van der Waals surface area contributed by atoms with Gasteiger partial charge in [-0.3, -0.25) is 14.8 Å². The number of nitrogens with one attached hydrogen (secondary N) is 1. The van der Waals surface area contributed by atoms with Gasteiger partial charge in [-0.25, -0.2) is 14.0 Å². The van der Waals surface area contributed by atoms with Gasteiger partial charge in [-0.05, 0) is 54.1 Å². The molecule has 0 unspecified atom stereocenters. The van der Waals surface area contributed by atoms with Gasteiger partial charge in [-0.2, -0.15) is 52.7 Å². The summed E-state index contributed by atoms with van der Waals surface area (Å²) in [5.41, 5.74) is -3.26. The van der Waals surface area contributed by atoms with Crippen molar-refractivity contribution in [3.05, 3.63) is 107 Å². The molecule has 264 valence electrons. The van der Waals surface area contributed by atoms with Crippen molar-refractivity contribution < 1.29 is 81.7 Å². The molecule has 0 radical (unpaired) electrons. The molecule has 8 nitrogen and oxygen atoms in total.